The van der Waals surface area contributed by atoms with Gasteiger partial charge in [-0.25, -0.2) is 4.79 Å². The van der Waals surface area contributed by atoms with Crippen LogP contribution in [0.1, 0.15) is 99.9 Å². The molecule has 0 saturated carbocycles. The number of benzene rings is 1. The Balaban J connectivity index is 2.02. The van der Waals surface area contributed by atoms with Crippen molar-refractivity contribution < 1.29 is 14.9 Å². The smallest absolute Gasteiger partial charge is 0.295 e. The summed E-state index contributed by atoms with van der Waals surface area (Å²) in [5, 5.41) is 8.54. The van der Waals surface area contributed by atoms with Crippen LogP contribution in [0.4, 0.5) is 0 Å². The summed E-state index contributed by atoms with van der Waals surface area (Å²) in [5.41, 5.74) is 1.44. The van der Waals surface area contributed by atoms with Crippen LogP contribution in [0.5, 0.6) is 0 Å². The summed E-state index contributed by atoms with van der Waals surface area (Å²) in [4.78, 5) is 15.3. The predicted octanol–water partition coefficient (Wildman–Crippen LogP) is 6.56. The molecule has 1 aromatic rings. The van der Waals surface area contributed by atoms with Crippen LogP contribution < -0.4 is 0 Å². The maximum atomic E-state index is 11.5. The molecule has 0 heterocycles. The minimum absolute atomic E-state index is 0.475. The third-order valence-electron chi connectivity index (χ3n) is 4.62. The second-order valence-electron chi connectivity index (χ2n) is 6.67. The lowest BCUT2D eigenvalue weighted by atomic mass is 10.00. The van der Waals surface area contributed by atoms with Gasteiger partial charge in [0.1, 0.15) is 0 Å². The van der Waals surface area contributed by atoms with Crippen molar-refractivity contribution in [3.63, 3.8) is 0 Å². The summed E-state index contributed by atoms with van der Waals surface area (Å²) < 4.78 is 0. The second kappa shape index (κ2) is 14.0. The van der Waals surface area contributed by atoms with Crippen molar-refractivity contribution in [3.05, 3.63) is 35.4 Å². The highest BCUT2D eigenvalue weighted by molar-refractivity contribution is 5.90. The third kappa shape index (κ3) is 9.07. The lowest BCUT2D eigenvalue weighted by molar-refractivity contribution is -0.182. The molecule has 0 aromatic heterocycles. The van der Waals surface area contributed by atoms with Crippen LogP contribution in [0.25, 0.3) is 0 Å². The standard InChI is InChI=1S/C21H34O3/c1-2-3-4-5-6-7-8-9-10-11-12-13-16-19-17-14-15-18-20(19)21(22)24-23/h14-15,17-18,23H,2-13,16H2,1H3. The van der Waals surface area contributed by atoms with E-state index in [4.69, 9.17) is 5.26 Å². The molecule has 0 unspecified atom stereocenters. The number of rotatable bonds is 14. The van der Waals surface area contributed by atoms with Crippen molar-refractivity contribution in [3.8, 4) is 0 Å². The summed E-state index contributed by atoms with van der Waals surface area (Å²) in [5.74, 6) is -0.662. The molecule has 0 bridgehead atoms. The molecule has 24 heavy (non-hydrogen) atoms. The van der Waals surface area contributed by atoms with Gasteiger partial charge < -0.3 is 0 Å². The molecule has 0 saturated heterocycles. The minimum Gasteiger partial charge on any atom is -0.295 e. The first-order chi connectivity index (χ1) is 11.8. The molecule has 3 nitrogen and oxygen atoms in total. The zero-order valence-electron chi connectivity index (χ0n) is 15.3. The molecule has 1 aromatic carbocycles. The monoisotopic (exact) mass is 334 g/mol. The maximum Gasteiger partial charge on any atom is 0.373 e. The molecule has 0 fully saturated rings. The first-order valence-electron chi connectivity index (χ1n) is 9.73. The van der Waals surface area contributed by atoms with Gasteiger partial charge in [-0.1, -0.05) is 95.8 Å². The fourth-order valence-electron chi connectivity index (χ4n) is 3.14. The highest BCUT2D eigenvalue weighted by atomic mass is 17.1. The molecule has 0 aliphatic rings. The highest BCUT2D eigenvalue weighted by Crippen LogP contribution is 2.16. The Kier molecular flexibility index (Phi) is 12.1. The van der Waals surface area contributed by atoms with E-state index in [-0.39, 0.29) is 0 Å². The minimum atomic E-state index is -0.662. The Morgan fingerprint density at radius 2 is 1.33 bits per heavy atom. The van der Waals surface area contributed by atoms with E-state index in [1.165, 1.54) is 70.6 Å². The Hall–Kier alpha value is -1.35. The van der Waals surface area contributed by atoms with Crippen LogP contribution in [0.3, 0.4) is 0 Å². The van der Waals surface area contributed by atoms with E-state index in [2.05, 4.69) is 11.8 Å². The van der Waals surface area contributed by atoms with E-state index in [1.807, 2.05) is 12.1 Å². The van der Waals surface area contributed by atoms with Gasteiger partial charge in [0, 0.05) is 0 Å². The molecule has 3 heteroatoms. The first-order valence-corrected chi connectivity index (χ1v) is 9.73. The Morgan fingerprint density at radius 1 is 0.833 bits per heavy atom. The van der Waals surface area contributed by atoms with Gasteiger partial charge >= 0.3 is 5.97 Å². The normalized spacial score (nSPS) is 10.8. The van der Waals surface area contributed by atoms with Crippen molar-refractivity contribution in [2.45, 2.75) is 90.4 Å². The molecule has 0 amide bonds. The Labute approximate surface area is 147 Å². The van der Waals surface area contributed by atoms with Crippen molar-refractivity contribution in [2.24, 2.45) is 0 Å². The van der Waals surface area contributed by atoms with Crippen molar-refractivity contribution in [2.75, 3.05) is 0 Å². The highest BCUT2D eigenvalue weighted by Gasteiger charge is 2.11. The van der Waals surface area contributed by atoms with Crippen molar-refractivity contribution in [1.29, 1.82) is 0 Å². The maximum absolute atomic E-state index is 11.5. The molecule has 1 rings (SSSR count). The number of hydrogen-bond acceptors (Lipinski definition) is 3. The zero-order chi connectivity index (χ0) is 17.5. The van der Waals surface area contributed by atoms with Gasteiger partial charge in [0.15, 0.2) is 0 Å². The average molecular weight is 335 g/mol. The van der Waals surface area contributed by atoms with E-state index < -0.39 is 5.97 Å². The largest absolute Gasteiger partial charge is 0.373 e. The van der Waals surface area contributed by atoms with Gasteiger partial charge in [-0.3, -0.25) is 4.89 Å². The van der Waals surface area contributed by atoms with Crippen LogP contribution in [-0.4, -0.2) is 11.2 Å². The molecule has 0 spiro atoms. The summed E-state index contributed by atoms with van der Waals surface area (Å²) >= 11 is 0. The molecule has 0 radical (unpaired) electrons. The molecule has 0 aliphatic heterocycles. The Morgan fingerprint density at radius 3 is 1.88 bits per heavy atom. The lowest BCUT2D eigenvalue weighted by Gasteiger charge is -2.07. The van der Waals surface area contributed by atoms with Crippen LogP contribution >= 0.6 is 0 Å². The van der Waals surface area contributed by atoms with Crippen LogP contribution in [0.15, 0.2) is 24.3 Å². The first kappa shape index (κ1) is 20.7. The molecule has 0 aliphatic carbocycles. The fraction of sp³-hybridized carbons (Fsp3) is 0.667. The van der Waals surface area contributed by atoms with Crippen LogP contribution in [0, 0.1) is 0 Å². The van der Waals surface area contributed by atoms with E-state index in [1.54, 1.807) is 12.1 Å². The van der Waals surface area contributed by atoms with Crippen LogP contribution in [-0.2, 0) is 11.3 Å². The Bertz CT molecular complexity index is 442. The second-order valence-corrected chi connectivity index (χ2v) is 6.67. The number of aryl methyl sites for hydroxylation is 1. The van der Waals surface area contributed by atoms with Gasteiger partial charge in [0.25, 0.3) is 0 Å². The summed E-state index contributed by atoms with van der Waals surface area (Å²) in [6.07, 6.45) is 16.7. The molecule has 0 atom stereocenters. The van der Waals surface area contributed by atoms with Crippen molar-refractivity contribution in [1.82, 2.24) is 0 Å². The van der Waals surface area contributed by atoms with Crippen LogP contribution in [0.2, 0.25) is 0 Å². The van der Waals surface area contributed by atoms with Gasteiger partial charge in [0.05, 0.1) is 5.56 Å². The topological polar surface area (TPSA) is 46.5 Å². The molecule has 136 valence electrons. The summed E-state index contributed by atoms with van der Waals surface area (Å²) in [6, 6.07) is 7.35. The number of unbranched alkanes of at least 4 members (excludes halogenated alkanes) is 11. The van der Waals surface area contributed by atoms with Crippen molar-refractivity contribution >= 4 is 5.97 Å². The summed E-state index contributed by atoms with van der Waals surface area (Å²) in [6.45, 7) is 2.26. The number of carbonyl (C=O) groups is 1. The van der Waals surface area contributed by atoms with E-state index in [9.17, 15) is 4.79 Å². The SMILES string of the molecule is CCCCCCCCCCCCCCc1ccccc1C(=O)OO. The summed E-state index contributed by atoms with van der Waals surface area (Å²) in [7, 11) is 0. The van der Waals surface area contributed by atoms with E-state index >= 15 is 0 Å². The molecular formula is C21H34O3. The fourth-order valence-corrected chi connectivity index (χ4v) is 3.14. The molecule has 1 N–H and O–H groups in total. The predicted molar refractivity (Wildman–Crippen MR) is 99.3 cm³/mol. The quantitative estimate of drug-likeness (QED) is 0.238. The zero-order valence-corrected chi connectivity index (χ0v) is 15.3. The number of carbonyl (C=O) groups excluding carboxylic acids is 1. The van der Waals surface area contributed by atoms with E-state index in [0.717, 1.165) is 18.4 Å². The van der Waals surface area contributed by atoms with Gasteiger partial charge in [-0.05, 0) is 24.5 Å². The van der Waals surface area contributed by atoms with E-state index in [0.29, 0.717) is 5.56 Å². The van der Waals surface area contributed by atoms with Gasteiger partial charge in [-0.2, -0.15) is 5.26 Å². The third-order valence-corrected chi connectivity index (χ3v) is 4.62. The lowest BCUT2D eigenvalue weighted by Crippen LogP contribution is -2.05. The molecular weight excluding hydrogens is 300 g/mol. The van der Waals surface area contributed by atoms with Gasteiger partial charge in [0.2, 0.25) is 0 Å². The average Bonchev–Trinajstić information content (AvgIpc) is 2.62. The van der Waals surface area contributed by atoms with Gasteiger partial charge in [-0.15, -0.1) is 0 Å². The number of hydrogen-bond donors (Lipinski definition) is 1.